The van der Waals surface area contributed by atoms with E-state index in [1.165, 1.54) is 29.1 Å². The Hall–Kier alpha value is -3.76. The zero-order valence-corrected chi connectivity index (χ0v) is 15.3. The van der Waals surface area contributed by atoms with Gasteiger partial charge in [-0.05, 0) is 36.0 Å². The van der Waals surface area contributed by atoms with Crippen LogP contribution in [0.3, 0.4) is 0 Å². The van der Waals surface area contributed by atoms with Gasteiger partial charge in [-0.15, -0.1) is 0 Å². The van der Waals surface area contributed by atoms with Gasteiger partial charge in [-0.2, -0.15) is 0 Å². The third kappa shape index (κ3) is 6.20. The molecule has 150 valence electrons. The first kappa shape index (κ1) is 22.3. The Morgan fingerprint density at radius 2 is 1.96 bits per heavy atom. The molecule has 0 bridgehead atoms. The zero-order chi connectivity index (χ0) is 21.3. The minimum atomic E-state index is -1.12. The van der Waals surface area contributed by atoms with Gasteiger partial charge in [-0.3, -0.25) is 0 Å². The molecule has 1 aromatic heterocycles. The molecule has 3 N–H and O–H groups in total. The first-order chi connectivity index (χ1) is 13.2. The number of benzene rings is 1. The first-order valence-corrected chi connectivity index (χ1v) is 8.13. The molecule has 0 spiro atoms. The van der Waals surface area contributed by atoms with Crippen molar-refractivity contribution in [1.29, 1.82) is 0 Å². The number of carbonyl (C=O) groups is 2. The highest BCUT2D eigenvalue weighted by Crippen LogP contribution is 2.11. The van der Waals surface area contributed by atoms with E-state index in [4.69, 9.17) is 15.4 Å². The van der Waals surface area contributed by atoms with Crippen LogP contribution in [0.5, 0.6) is 0 Å². The number of aromatic carboxylic acids is 2. The van der Waals surface area contributed by atoms with Crippen LogP contribution in [0.25, 0.3) is 0 Å². The maximum atomic E-state index is 10.6. The fourth-order valence-corrected chi connectivity index (χ4v) is 2.18. The van der Waals surface area contributed by atoms with Crippen LogP contribution >= 0.6 is 0 Å². The molecule has 0 fully saturated rings. The summed E-state index contributed by atoms with van der Waals surface area (Å²) in [5.74, 6) is -2.42. The van der Waals surface area contributed by atoms with Crippen molar-refractivity contribution in [2.75, 3.05) is 0 Å². The molecule has 0 atom stereocenters. The summed E-state index contributed by atoms with van der Waals surface area (Å²) in [5, 5.41) is 39.4. The number of hydrogen-bond donors (Lipinski definition) is 3. The van der Waals surface area contributed by atoms with Gasteiger partial charge in [0.05, 0.1) is 23.4 Å². The summed E-state index contributed by atoms with van der Waals surface area (Å²) in [7, 11) is 0. The van der Waals surface area contributed by atoms with E-state index in [0.29, 0.717) is 30.7 Å². The molecular weight excluding hydrogens is 372 g/mol. The second-order valence-corrected chi connectivity index (χ2v) is 5.59. The lowest BCUT2D eigenvalue weighted by Gasteiger charge is -2.01. The van der Waals surface area contributed by atoms with E-state index < -0.39 is 16.9 Å². The van der Waals surface area contributed by atoms with Crippen LogP contribution in [0, 0.1) is 17.0 Å². The van der Waals surface area contributed by atoms with E-state index in [1.807, 2.05) is 6.92 Å². The summed E-state index contributed by atoms with van der Waals surface area (Å²) >= 11 is 0. The van der Waals surface area contributed by atoms with Gasteiger partial charge in [0.2, 0.25) is 0 Å². The van der Waals surface area contributed by atoms with Gasteiger partial charge in [-0.25, -0.2) is 14.2 Å². The molecule has 2 aromatic rings. The number of oxime groups is 1. The maximum Gasteiger partial charge on any atom is 0.434 e. The number of rotatable bonds is 7. The van der Waals surface area contributed by atoms with Crippen LogP contribution in [-0.4, -0.2) is 47.5 Å². The van der Waals surface area contributed by atoms with E-state index >= 15 is 0 Å². The third-order valence-electron chi connectivity index (χ3n) is 3.76. The average Bonchev–Trinajstić information content (AvgIpc) is 3.12. The Balaban J connectivity index is 0.000000283. The van der Waals surface area contributed by atoms with Gasteiger partial charge in [0, 0.05) is 6.42 Å². The number of nitrogens with zero attached hydrogens (tertiary/aromatic N) is 4. The SMILES string of the molecule is CCC(CCn1ccnc1[N+](=O)[O-])=NO.Cc1ccc(C(=O)O)cc1C(=O)O. The molecule has 11 heteroatoms. The van der Waals surface area contributed by atoms with Gasteiger partial charge in [0.25, 0.3) is 0 Å². The van der Waals surface area contributed by atoms with Crippen molar-refractivity contribution in [2.45, 2.75) is 33.2 Å². The van der Waals surface area contributed by atoms with Gasteiger partial charge in [0.1, 0.15) is 12.4 Å². The predicted molar refractivity (Wildman–Crippen MR) is 98.1 cm³/mol. The van der Waals surface area contributed by atoms with Gasteiger partial charge in [-0.1, -0.05) is 23.1 Å². The summed E-state index contributed by atoms with van der Waals surface area (Å²) in [6.07, 6.45) is 4.01. The summed E-state index contributed by atoms with van der Waals surface area (Å²) in [4.78, 5) is 34.7. The van der Waals surface area contributed by atoms with E-state index in [0.717, 1.165) is 6.07 Å². The highest BCUT2D eigenvalue weighted by molar-refractivity contribution is 5.94. The molecule has 28 heavy (non-hydrogen) atoms. The molecule has 2 rings (SSSR count). The molecule has 1 aromatic carbocycles. The first-order valence-electron chi connectivity index (χ1n) is 8.13. The average molecular weight is 392 g/mol. The van der Waals surface area contributed by atoms with Gasteiger partial charge < -0.3 is 25.5 Å². The number of carboxylic acid groups (broad SMARTS) is 2. The molecular formula is C17H20N4O7. The summed E-state index contributed by atoms with van der Waals surface area (Å²) in [5.41, 5.74) is 1.18. The van der Waals surface area contributed by atoms with Crippen molar-refractivity contribution in [3.05, 3.63) is 57.4 Å². The van der Waals surface area contributed by atoms with Crippen LogP contribution in [0.15, 0.2) is 35.7 Å². The van der Waals surface area contributed by atoms with Crippen molar-refractivity contribution in [3.8, 4) is 0 Å². The van der Waals surface area contributed by atoms with Crippen molar-refractivity contribution in [2.24, 2.45) is 5.16 Å². The molecule has 11 nitrogen and oxygen atoms in total. The highest BCUT2D eigenvalue weighted by Gasteiger charge is 2.14. The van der Waals surface area contributed by atoms with Crippen molar-refractivity contribution >= 4 is 23.6 Å². The smallest absolute Gasteiger partial charge is 0.434 e. The number of imidazole rings is 1. The van der Waals surface area contributed by atoms with Crippen LogP contribution < -0.4 is 0 Å². The van der Waals surface area contributed by atoms with Crippen LogP contribution in [0.2, 0.25) is 0 Å². The normalized spacial score (nSPS) is 10.7. The van der Waals surface area contributed by atoms with Crippen molar-refractivity contribution in [3.63, 3.8) is 0 Å². The van der Waals surface area contributed by atoms with E-state index in [1.54, 1.807) is 6.92 Å². The molecule has 0 aliphatic rings. The monoisotopic (exact) mass is 392 g/mol. The molecule has 0 saturated heterocycles. The summed E-state index contributed by atoms with van der Waals surface area (Å²) in [6, 6.07) is 4.01. The number of carboxylic acids is 2. The molecule has 1 heterocycles. The van der Waals surface area contributed by atoms with E-state index in [9.17, 15) is 19.7 Å². The fourth-order valence-electron chi connectivity index (χ4n) is 2.18. The maximum absolute atomic E-state index is 10.6. The predicted octanol–water partition coefficient (Wildman–Crippen LogP) is 2.81. The zero-order valence-electron chi connectivity index (χ0n) is 15.3. The fraction of sp³-hybridized carbons (Fsp3) is 0.294. The molecule has 0 aliphatic heterocycles. The Morgan fingerprint density at radius 3 is 2.46 bits per heavy atom. The Labute approximate surface area is 159 Å². The second kappa shape index (κ2) is 10.4. The van der Waals surface area contributed by atoms with E-state index in [-0.39, 0.29) is 17.1 Å². The number of hydrogen-bond acceptors (Lipinski definition) is 7. The lowest BCUT2D eigenvalue weighted by atomic mass is 10.1. The molecule has 0 radical (unpaired) electrons. The van der Waals surface area contributed by atoms with E-state index in [2.05, 4.69) is 10.1 Å². The quantitative estimate of drug-likeness (QED) is 0.280. The minimum Gasteiger partial charge on any atom is -0.478 e. The number of aryl methyl sites for hydroxylation is 2. The van der Waals surface area contributed by atoms with Crippen LogP contribution in [0.1, 0.15) is 46.0 Å². The number of nitro groups is 1. The molecule has 0 unspecified atom stereocenters. The van der Waals surface area contributed by atoms with Crippen LogP contribution in [0.4, 0.5) is 5.95 Å². The minimum absolute atomic E-state index is 0.0111. The van der Waals surface area contributed by atoms with Crippen molar-refractivity contribution in [1.82, 2.24) is 9.55 Å². The molecule has 0 amide bonds. The standard InChI is InChI=1S/C9H8O4.C8H12N4O3/c1-5-2-3-6(8(10)11)4-7(5)9(12)13;1-2-7(10-13)3-5-11-6-4-9-8(11)12(14)15/h2-4H,1H3,(H,10,11)(H,12,13);4,6,13H,2-3,5H2,1H3. The second-order valence-electron chi connectivity index (χ2n) is 5.59. The summed E-state index contributed by atoms with van der Waals surface area (Å²) in [6.45, 7) is 3.87. The Morgan fingerprint density at radius 1 is 1.29 bits per heavy atom. The Kier molecular flexibility index (Phi) is 8.28. The highest BCUT2D eigenvalue weighted by atomic mass is 16.6. The Bertz CT molecular complexity index is 889. The van der Waals surface area contributed by atoms with Gasteiger partial charge in [0.15, 0.2) is 0 Å². The number of aromatic nitrogens is 2. The molecule has 0 aliphatic carbocycles. The summed E-state index contributed by atoms with van der Waals surface area (Å²) < 4.78 is 1.42. The largest absolute Gasteiger partial charge is 0.478 e. The van der Waals surface area contributed by atoms with Crippen molar-refractivity contribution < 1.29 is 29.9 Å². The topological polar surface area (TPSA) is 168 Å². The third-order valence-corrected chi connectivity index (χ3v) is 3.76. The van der Waals surface area contributed by atoms with Gasteiger partial charge >= 0.3 is 17.9 Å². The lowest BCUT2D eigenvalue weighted by Crippen LogP contribution is -2.07. The molecule has 0 saturated carbocycles. The lowest BCUT2D eigenvalue weighted by molar-refractivity contribution is -0.396. The van der Waals surface area contributed by atoms with Crippen LogP contribution in [-0.2, 0) is 6.54 Å².